The maximum atomic E-state index is 13.2. The fraction of sp³-hybridized carbons (Fsp3) is 0.350. The van der Waals surface area contributed by atoms with Gasteiger partial charge in [-0.1, -0.05) is 0 Å². The average Bonchev–Trinajstić information content (AvgIpc) is 3.28. The van der Waals surface area contributed by atoms with Gasteiger partial charge in [0.25, 0.3) is 5.91 Å². The number of amides is 3. The number of carbonyl (C=O) groups excluding carboxylic acids is 3. The van der Waals surface area contributed by atoms with E-state index in [9.17, 15) is 14.4 Å². The maximum absolute atomic E-state index is 13.2. The fourth-order valence-corrected chi connectivity index (χ4v) is 4.94. The lowest BCUT2D eigenvalue weighted by molar-refractivity contribution is -0.131. The number of methoxy groups -OCH3 is 2. The molecule has 1 aliphatic carbocycles. The van der Waals surface area contributed by atoms with Gasteiger partial charge in [-0.3, -0.25) is 14.5 Å². The number of carbonyl (C=O) groups is 3. The molecular weight excluding hydrogens is 380 g/mol. The Labute approximate surface area is 166 Å². The van der Waals surface area contributed by atoms with Crippen LogP contribution in [0.15, 0.2) is 29.6 Å². The van der Waals surface area contributed by atoms with E-state index in [0.29, 0.717) is 23.5 Å². The zero-order valence-corrected chi connectivity index (χ0v) is 16.4. The molecule has 28 heavy (non-hydrogen) atoms. The molecule has 146 valence electrons. The Morgan fingerprint density at radius 1 is 1.25 bits per heavy atom. The van der Waals surface area contributed by atoms with Crippen LogP contribution in [0.1, 0.15) is 33.6 Å². The second kappa shape index (κ2) is 6.94. The van der Waals surface area contributed by atoms with Crippen LogP contribution in [-0.2, 0) is 16.8 Å². The number of benzene rings is 1. The monoisotopic (exact) mass is 400 g/mol. The molecule has 8 heteroatoms. The molecule has 0 radical (unpaired) electrons. The van der Waals surface area contributed by atoms with Gasteiger partial charge in [0.2, 0.25) is 0 Å². The Kier molecular flexibility index (Phi) is 4.58. The minimum Gasteiger partial charge on any atom is -0.497 e. The molecule has 0 saturated carbocycles. The van der Waals surface area contributed by atoms with Crippen LogP contribution in [0.25, 0.3) is 0 Å². The molecule has 1 N–H and O–H groups in total. The summed E-state index contributed by atoms with van der Waals surface area (Å²) < 4.78 is 10.4. The van der Waals surface area contributed by atoms with Gasteiger partial charge >= 0.3 is 6.03 Å². The van der Waals surface area contributed by atoms with Crippen LogP contribution in [0, 0.1) is 0 Å². The van der Waals surface area contributed by atoms with Crippen LogP contribution in [-0.4, -0.2) is 43.4 Å². The Hall–Kier alpha value is -2.87. The van der Waals surface area contributed by atoms with E-state index >= 15 is 0 Å². The van der Waals surface area contributed by atoms with E-state index < -0.39 is 11.6 Å². The minimum atomic E-state index is -1.05. The summed E-state index contributed by atoms with van der Waals surface area (Å²) in [5.41, 5.74) is 0.110. The standard InChI is InChI=1S/C20H20N2O5S/c1-26-12-5-6-13(16(10-12)27-2)15(23)11-22-18(24)20(21-19(22)25)8-3-4-17-14(20)7-9-28-17/h5-7,9-10H,3-4,8,11H2,1-2H3,(H,21,25)/t20-/m0/s1. The molecule has 1 fully saturated rings. The lowest BCUT2D eigenvalue weighted by atomic mass is 9.80. The van der Waals surface area contributed by atoms with Crippen molar-refractivity contribution in [1.29, 1.82) is 0 Å². The number of ether oxygens (including phenoxy) is 2. The molecule has 1 spiro atoms. The van der Waals surface area contributed by atoms with Crippen LogP contribution in [0.2, 0.25) is 0 Å². The van der Waals surface area contributed by atoms with Crippen molar-refractivity contribution in [3.8, 4) is 11.5 Å². The third kappa shape index (κ3) is 2.75. The number of nitrogens with zero attached hydrogens (tertiary/aromatic N) is 1. The molecule has 1 saturated heterocycles. The minimum absolute atomic E-state index is 0.296. The second-order valence-electron chi connectivity index (χ2n) is 6.83. The number of fused-ring (bicyclic) bond motifs is 2. The first-order chi connectivity index (χ1) is 13.5. The highest BCUT2D eigenvalue weighted by Gasteiger charge is 2.54. The second-order valence-corrected chi connectivity index (χ2v) is 7.83. The van der Waals surface area contributed by atoms with Gasteiger partial charge in [0.15, 0.2) is 5.78 Å². The van der Waals surface area contributed by atoms with Gasteiger partial charge in [0.05, 0.1) is 26.3 Å². The van der Waals surface area contributed by atoms with Gasteiger partial charge < -0.3 is 14.8 Å². The molecule has 2 aliphatic rings. The molecule has 3 amide bonds. The van der Waals surface area contributed by atoms with Gasteiger partial charge in [0.1, 0.15) is 17.0 Å². The largest absolute Gasteiger partial charge is 0.497 e. The number of nitrogens with one attached hydrogen (secondary N) is 1. The third-order valence-corrected chi connectivity index (χ3v) is 6.33. The van der Waals surface area contributed by atoms with E-state index in [4.69, 9.17) is 9.47 Å². The summed E-state index contributed by atoms with van der Waals surface area (Å²) in [5.74, 6) is 0.150. The lowest BCUT2D eigenvalue weighted by Gasteiger charge is -2.31. The van der Waals surface area contributed by atoms with E-state index in [1.54, 1.807) is 29.5 Å². The molecule has 1 atom stereocenters. The lowest BCUT2D eigenvalue weighted by Crippen LogP contribution is -2.46. The SMILES string of the molecule is COc1ccc(C(=O)CN2C(=O)N[C@]3(CCCc4sccc43)C2=O)c(OC)c1. The van der Waals surface area contributed by atoms with Crippen LogP contribution in [0.5, 0.6) is 11.5 Å². The van der Waals surface area contributed by atoms with E-state index in [1.807, 2.05) is 11.4 Å². The summed E-state index contributed by atoms with van der Waals surface area (Å²) in [6.45, 7) is -0.339. The van der Waals surface area contributed by atoms with Gasteiger partial charge in [-0.2, -0.15) is 0 Å². The van der Waals surface area contributed by atoms with E-state index in [-0.39, 0.29) is 18.2 Å². The molecule has 1 aromatic heterocycles. The predicted octanol–water partition coefficient (Wildman–Crippen LogP) is 2.73. The molecular formula is C20H20N2O5S. The Morgan fingerprint density at radius 2 is 2.07 bits per heavy atom. The van der Waals surface area contributed by atoms with Gasteiger partial charge in [-0.25, -0.2) is 4.79 Å². The highest BCUT2D eigenvalue weighted by atomic mass is 32.1. The summed E-state index contributed by atoms with van der Waals surface area (Å²) in [5, 5.41) is 4.79. The summed E-state index contributed by atoms with van der Waals surface area (Å²) in [4.78, 5) is 40.8. The Morgan fingerprint density at radius 3 is 2.82 bits per heavy atom. The number of urea groups is 1. The number of thiophene rings is 1. The summed E-state index contributed by atoms with van der Waals surface area (Å²) in [7, 11) is 2.97. The van der Waals surface area contributed by atoms with Gasteiger partial charge in [-0.15, -0.1) is 11.3 Å². The van der Waals surface area contributed by atoms with Crippen LogP contribution < -0.4 is 14.8 Å². The van der Waals surface area contributed by atoms with Crippen molar-refractivity contribution in [3.63, 3.8) is 0 Å². The molecule has 2 heterocycles. The smallest absolute Gasteiger partial charge is 0.325 e. The molecule has 1 aromatic carbocycles. The first kappa shape index (κ1) is 18.5. The van der Waals surface area contributed by atoms with Crippen molar-refractivity contribution >= 4 is 29.1 Å². The number of imide groups is 1. The van der Waals surface area contributed by atoms with Gasteiger partial charge in [0, 0.05) is 16.5 Å². The van der Waals surface area contributed by atoms with Crippen molar-refractivity contribution in [1.82, 2.24) is 10.2 Å². The van der Waals surface area contributed by atoms with Crippen molar-refractivity contribution in [3.05, 3.63) is 45.6 Å². The third-order valence-electron chi connectivity index (χ3n) is 5.35. The normalized spacial score (nSPS) is 20.9. The van der Waals surface area contributed by atoms with Crippen LogP contribution >= 0.6 is 11.3 Å². The summed E-state index contributed by atoms with van der Waals surface area (Å²) in [6, 6.07) is 6.17. The number of Topliss-reactive ketones (excluding diaryl/α,β-unsaturated/α-hetero) is 1. The predicted molar refractivity (Wildman–Crippen MR) is 103 cm³/mol. The van der Waals surface area contributed by atoms with Crippen molar-refractivity contribution in [2.75, 3.05) is 20.8 Å². The zero-order chi connectivity index (χ0) is 19.9. The maximum Gasteiger partial charge on any atom is 0.325 e. The number of hydrogen-bond acceptors (Lipinski definition) is 6. The molecule has 2 aromatic rings. The molecule has 4 rings (SSSR count). The van der Waals surface area contributed by atoms with Crippen LogP contribution in [0.4, 0.5) is 4.79 Å². The highest BCUT2D eigenvalue weighted by Crippen LogP contribution is 2.42. The number of aryl methyl sites for hydroxylation is 1. The first-order valence-electron chi connectivity index (χ1n) is 8.96. The molecule has 7 nitrogen and oxygen atoms in total. The topological polar surface area (TPSA) is 84.9 Å². The zero-order valence-electron chi connectivity index (χ0n) is 15.6. The van der Waals surface area contributed by atoms with E-state index in [1.165, 1.54) is 14.2 Å². The van der Waals surface area contributed by atoms with Crippen molar-refractivity contribution in [2.24, 2.45) is 0 Å². The first-order valence-corrected chi connectivity index (χ1v) is 9.84. The quantitative estimate of drug-likeness (QED) is 0.616. The number of hydrogen-bond donors (Lipinski definition) is 1. The molecule has 0 unspecified atom stereocenters. The van der Waals surface area contributed by atoms with Gasteiger partial charge in [-0.05, 0) is 42.8 Å². The fourth-order valence-electron chi connectivity index (χ4n) is 3.94. The number of ketones is 1. The van der Waals surface area contributed by atoms with Crippen LogP contribution in [0.3, 0.4) is 0 Å². The summed E-state index contributed by atoms with van der Waals surface area (Å²) >= 11 is 1.59. The summed E-state index contributed by atoms with van der Waals surface area (Å²) in [6.07, 6.45) is 2.26. The van der Waals surface area contributed by atoms with E-state index in [0.717, 1.165) is 28.2 Å². The van der Waals surface area contributed by atoms with E-state index in [2.05, 4.69) is 5.32 Å². The molecule has 0 bridgehead atoms. The van der Waals surface area contributed by atoms with Crippen molar-refractivity contribution < 1.29 is 23.9 Å². The average molecular weight is 400 g/mol. The highest BCUT2D eigenvalue weighted by molar-refractivity contribution is 7.10. The molecule has 1 aliphatic heterocycles. The van der Waals surface area contributed by atoms with Crippen molar-refractivity contribution in [2.45, 2.75) is 24.8 Å². The number of rotatable bonds is 5. The Bertz CT molecular complexity index is 969. The Balaban J connectivity index is 1.61.